The van der Waals surface area contributed by atoms with Crippen molar-refractivity contribution in [3.05, 3.63) is 200 Å². The average Bonchev–Trinajstić information content (AvgIpc) is 3.85. The van der Waals surface area contributed by atoms with Gasteiger partial charge in [-0.05, 0) is 87.1 Å². The summed E-state index contributed by atoms with van der Waals surface area (Å²) in [5, 5.41) is 7.21. The van der Waals surface area contributed by atoms with E-state index in [-0.39, 0.29) is 0 Å². The van der Waals surface area contributed by atoms with Gasteiger partial charge < -0.3 is 9.32 Å². The molecule has 2 heterocycles. The maximum atomic E-state index is 6.90. The van der Waals surface area contributed by atoms with Crippen molar-refractivity contribution in [3.8, 4) is 33.4 Å². The van der Waals surface area contributed by atoms with E-state index in [0.717, 1.165) is 50.1 Å². The third-order valence-electron chi connectivity index (χ3n) is 10.9. The van der Waals surface area contributed by atoms with Crippen LogP contribution in [0.2, 0.25) is 0 Å². The second kappa shape index (κ2) is 12.9. The summed E-state index contributed by atoms with van der Waals surface area (Å²) in [5.41, 5.74) is 12.0. The van der Waals surface area contributed by atoms with E-state index in [1.165, 1.54) is 53.2 Å². The Balaban J connectivity index is 1.15. The molecule has 0 atom stereocenters. The van der Waals surface area contributed by atoms with E-state index < -0.39 is 0 Å². The van der Waals surface area contributed by atoms with Gasteiger partial charge in [0.2, 0.25) is 0 Å². The summed E-state index contributed by atoms with van der Waals surface area (Å²) in [6, 6.07) is 72.0. The van der Waals surface area contributed by atoms with Crippen molar-refractivity contribution in [3.63, 3.8) is 0 Å². The van der Waals surface area contributed by atoms with Crippen molar-refractivity contribution >= 4 is 81.3 Å². The standard InChI is InChI=1S/C52H33NOS/c1-3-12-34(13-4-1)35-22-27-39(28-23-35)53(40-29-24-38(25-30-40)43-19-11-20-45-44-18-9-10-21-48(44)55-52(43)45)46-32-31-42(36-14-5-2-6-15-36)51-50(46)49-41-17-8-7-16-37(41)26-33-47(49)54-51/h1-33H. The van der Waals surface area contributed by atoms with Crippen molar-refractivity contribution < 1.29 is 4.42 Å². The van der Waals surface area contributed by atoms with Crippen molar-refractivity contribution in [2.45, 2.75) is 0 Å². The normalized spacial score (nSPS) is 11.6. The first-order valence-corrected chi connectivity index (χ1v) is 19.5. The number of hydrogen-bond acceptors (Lipinski definition) is 3. The van der Waals surface area contributed by atoms with E-state index in [4.69, 9.17) is 4.42 Å². The number of anilines is 3. The lowest BCUT2D eigenvalue weighted by molar-refractivity contribution is 0.670. The lowest BCUT2D eigenvalue weighted by atomic mass is 9.97. The zero-order chi connectivity index (χ0) is 36.3. The molecule has 0 saturated carbocycles. The Hall–Kier alpha value is -6.94. The van der Waals surface area contributed by atoms with Gasteiger partial charge in [0.05, 0.1) is 11.1 Å². The minimum absolute atomic E-state index is 0.879. The molecule has 0 spiro atoms. The third kappa shape index (κ3) is 5.24. The Bertz CT molecular complexity index is 3180. The highest BCUT2D eigenvalue weighted by Crippen LogP contribution is 2.48. The van der Waals surface area contributed by atoms with Crippen molar-refractivity contribution in [2.75, 3.05) is 4.90 Å². The molecule has 2 aromatic heterocycles. The number of benzene rings is 9. The van der Waals surface area contributed by atoms with Gasteiger partial charge in [-0.2, -0.15) is 0 Å². The highest BCUT2D eigenvalue weighted by atomic mass is 32.1. The van der Waals surface area contributed by atoms with Gasteiger partial charge in [0, 0.05) is 42.5 Å². The van der Waals surface area contributed by atoms with E-state index in [1.807, 2.05) is 11.3 Å². The van der Waals surface area contributed by atoms with Crippen LogP contribution < -0.4 is 4.90 Å². The number of nitrogens with zero attached hydrogens (tertiary/aromatic N) is 1. The van der Waals surface area contributed by atoms with Gasteiger partial charge in [0.1, 0.15) is 11.2 Å². The van der Waals surface area contributed by atoms with Gasteiger partial charge in [0.15, 0.2) is 0 Å². The Kier molecular flexibility index (Phi) is 7.39. The molecule has 0 aliphatic heterocycles. The van der Waals surface area contributed by atoms with Crippen LogP contribution in [0.1, 0.15) is 0 Å². The third-order valence-corrected chi connectivity index (χ3v) is 12.1. The Labute approximate surface area is 322 Å². The molecule has 0 aliphatic rings. The van der Waals surface area contributed by atoms with Gasteiger partial charge in [0.25, 0.3) is 0 Å². The van der Waals surface area contributed by atoms with Gasteiger partial charge >= 0.3 is 0 Å². The molecule has 11 rings (SSSR count). The first kappa shape index (κ1) is 31.6. The van der Waals surface area contributed by atoms with Gasteiger partial charge in [-0.3, -0.25) is 0 Å². The van der Waals surface area contributed by atoms with Crippen molar-refractivity contribution in [1.82, 2.24) is 0 Å². The van der Waals surface area contributed by atoms with Crippen LogP contribution in [-0.4, -0.2) is 0 Å². The molecule has 258 valence electrons. The molecule has 2 nitrogen and oxygen atoms in total. The summed E-state index contributed by atoms with van der Waals surface area (Å²) in [6.45, 7) is 0. The molecule has 11 aromatic rings. The number of thiophene rings is 1. The Morgan fingerprint density at radius 2 is 0.982 bits per heavy atom. The molecule has 0 aliphatic carbocycles. The van der Waals surface area contributed by atoms with Crippen LogP contribution in [0.3, 0.4) is 0 Å². The molecule has 0 saturated heterocycles. The van der Waals surface area contributed by atoms with E-state index in [1.54, 1.807) is 0 Å². The van der Waals surface area contributed by atoms with Crippen LogP contribution in [0.4, 0.5) is 17.1 Å². The number of fused-ring (bicyclic) bond motifs is 8. The predicted molar refractivity (Wildman–Crippen MR) is 235 cm³/mol. The first-order valence-electron chi connectivity index (χ1n) is 18.7. The van der Waals surface area contributed by atoms with E-state index in [0.29, 0.717) is 0 Å². The summed E-state index contributed by atoms with van der Waals surface area (Å²) >= 11 is 1.87. The van der Waals surface area contributed by atoms with Gasteiger partial charge in [-0.1, -0.05) is 152 Å². The van der Waals surface area contributed by atoms with E-state index in [2.05, 4.69) is 205 Å². The summed E-state index contributed by atoms with van der Waals surface area (Å²) < 4.78 is 9.54. The molecule has 0 fully saturated rings. The fourth-order valence-electron chi connectivity index (χ4n) is 8.28. The largest absolute Gasteiger partial charge is 0.455 e. The smallest absolute Gasteiger partial charge is 0.145 e. The fraction of sp³-hybridized carbons (Fsp3) is 0. The lowest BCUT2D eigenvalue weighted by Gasteiger charge is -2.27. The summed E-state index contributed by atoms with van der Waals surface area (Å²) in [4.78, 5) is 2.40. The first-order chi connectivity index (χ1) is 27.3. The summed E-state index contributed by atoms with van der Waals surface area (Å²) in [6.07, 6.45) is 0. The number of rotatable bonds is 6. The number of hydrogen-bond donors (Lipinski definition) is 0. The summed E-state index contributed by atoms with van der Waals surface area (Å²) in [5.74, 6) is 0. The molecule has 0 radical (unpaired) electrons. The lowest BCUT2D eigenvalue weighted by Crippen LogP contribution is -2.10. The molecule has 0 unspecified atom stereocenters. The van der Waals surface area contributed by atoms with Gasteiger partial charge in [-0.25, -0.2) is 0 Å². The zero-order valence-corrected chi connectivity index (χ0v) is 30.6. The van der Waals surface area contributed by atoms with Crippen molar-refractivity contribution in [2.24, 2.45) is 0 Å². The minimum atomic E-state index is 0.879. The second-order valence-corrected chi connectivity index (χ2v) is 15.1. The molecular formula is C52H33NOS. The van der Waals surface area contributed by atoms with Crippen molar-refractivity contribution in [1.29, 1.82) is 0 Å². The predicted octanol–water partition coefficient (Wildman–Crippen LogP) is 15.6. The van der Waals surface area contributed by atoms with Crippen LogP contribution in [0, 0.1) is 0 Å². The van der Waals surface area contributed by atoms with E-state index in [9.17, 15) is 0 Å². The number of furan rings is 1. The SMILES string of the molecule is c1ccc(-c2ccc(N(c3ccc(-c4cccc5c4sc4ccccc45)cc3)c3ccc(-c4ccccc4)c4oc5ccc6ccccc6c5c34)cc2)cc1. The summed E-state index contributed by atoms with van der Waals surface area (Å²) in [7, 11) is 0. The Morgan fingerprint density at radius 3 is 1.75 bits per heavy atom. The molecular weight excluding hydrogens is 687 g/mol. The second-order valence-electron chi connectivity index (χ2n) is 14.0. The van der Waals surface area contributed by atoms with Crippen LogP contribution in [0.15, 0.2) is 205 Å². The van der Waals surface area contributed by atoms with E-state index >= 15 is 0 Å². The molecule has 55 heavy (non-hydrogen) atoms. The maximum absolute atomic E-state index is 6.90. The maximum Gasteiger partial charge on any atom is 0.145 e. The minimum Gasteiger partial charge on any atom is -0.455 e. The molecule has 3 heteroatoms. The van der Waals surface area contributed by atoms with Crippen LogP contribution in [0.5, 0.6) is 0 Å². The molecule has 0 bridgehead atoms. The Morgan fingerprint density at radius 1 is 0.382 bits per heavy atom. The topological polar surface area (TPSA) is 16.4 Å². The fourth-order valence-corrected chi connectivity index (χ4v) is 9.52. The highest BCUT2D eigenvalue weighted by molar-refractivity contribution is 7.26. The molecule has 9 aromatic carbocycles. The average molecular weight is 720 g/mol. The monoisotopic (exact) mass is 719 g/mol. The molecule has 0 N–H and O–H groups in total. The van der Waals surface area contributed by atoms with Crippen LogP contribution in [0.25, 0.3) is 86.3 Å². The van der Waals surface area contributed by atoms with Gasteiger partial charge in [-0.15, -0.1) is 11.3 Å². The highest BCUT2D eigenvalue weighted by Gasteiger charge is 2.24. The van der Waals surface area contributed by atoms with Crippen LogP contribution in [-0.2, 0) is 0 Å². The quantitative estimate of drug-likeness (QED) is 0.170. The molecule has 0 amide bonds. The zero-order valence-electron chi connectivity index (χ0n) is 29.8. The van der Waals surface area contributed by atoms with Crippen LogP contribution >= 0.6 is 11.3 Å².